The molecule has 0 aliphatic heterocycles. The molecule has 4 aliphatic carbocycles. The third-order valence-electron chi connectivity index (χ3n) is 13.8. The number of fused-ring (bicyclic) bond motifs is 7. The molecule has 2 aromatic rings. The van der Waals surface area contributed by atoms with E-state index >= 15 is 0 Å². The predicted molar refractivity (Wildman–Crippen MR) is 171 cm³/mol. The number of carbonyl (C=O) groups is 1. The Morgan fingerprint density at radius 1 is 1.02 bits per heavy atom. The molecule has 3 fully saturated rings. The van der Waals surface area contributed by atoms with Crippen molar-refractivity contribution in [2.24, 2.45) is 39.9 Å². The summed E-state index contributed by atoms with van der Waals surface area (Å²) >= 11 is 0. The highest BCUT2D eigenvalue weighted by Crippen LogP contribution is 2.75. The summed E-state index contributed by atoms with van der Waals surface area (Å²) in [5, 5.41) is 27.0. The summed E-state index contributed by atoms with van der Waals surface area (Å²) in [6, 6.07) is 8.24. The van der Waals surface area contributed by atoms with Crippen LogP contribution in [0, 0.1) is 39.9 Å². The number of para-hydroxylation sites is 2. The van der Waals surface area contributed by atoms with Gasteiger partial charge in [-0.1, -0.05) is 60.1 Å². The van der Waals surface area contributed by atoms with Gasteiger partial charge in [0.2, 0.25) is 5.91 Å². The first-order valence-electron chi connectivity index (χ1n) is 17.1. The number of unbranched alkanes of at least 4 members (excludes halogenated alkanes) is 1. The van der Waals surface area contributed by atoms with Crippen LogP contribution < -0.4 is 5.32 Å². The van der Waals surface area contributed by atoms with Gasteiger partial charge in [-0.15, -0.1) is 0 Å². The number of carbonyl (C=O) groups excluding carboxylic acids is 1. The monoisotopic (exact) mass is 589 g/mol. The summed E-state index contributed by atoms with van der Waals surface area (Å²) in [6.07, 6.45) is 8.17. The summed E-state index contributed by atoms with van der Waals surface area (Å²) in [7, 11) is 0. The highest BCUT2D eigenvalue weighted by Gasteiger charge is 2.71. The van der Waals surface area contributed by atoms with E-state index in [1.807, 2.05) is 19.1 Å². The van der Waals surface area contributed by atoms with Crippen LogP contribution in [0.2, 0.25) is 0 Å². The van der Waals surface area contributed by atoms with E-state index in [9.17, 15) is 15.0 Å². The number of hydrogen-bond acceptors (Lipinski definition) is 5. The summed E-state index contributed by atoms with van der Waals surface area (Å²) in [5.74, 6) is 0.844. The minimum absolute atomic E-state index is 0.00716. The summed E-state index contributed by atoms with van der Waals surface area (Å²) in [4.78, 5) is 23.0. The van der Waals surface area contributed by atoms with Crippen molar-refractivity contribution in [2.45, 2.75) is 130 Å². The quantitative estimate of drug-likeness (QED) is 0.311. The van der Waals surface area contributed by atoms with Crippen LogP contribution in [0.1, 0.15) is 118 Å². The number of aromatic nitrogens is 2. The van der Waals surface area contributed by atoms with E-state index in [2.05, 4.69) is 59.0 Å². The summed E-state index contributed by atoms with van der Waals surface area (Å²) in [6.45, 7) is 16.9. The molecule has 0 saturated heterocycles. The first-order valence-corrected chi connectivity index (χ1v) is 17.1. The Morgan fingerprint density at radius 3 is 2.40 bits per heavy atom. The van der Waals surface area contributed by atoms with Gasteiger partial charge in [0.25, 0.3) is 0 Å². The first-order chi connectivity index (χ1) is 20.2. The first kappa shape index (κ1) is 31.0. The fourth-order valence-corrected chi connectivity index (χ4v) is 11.5. The molecule has 1 amide bonds. The molecule has 0 spiro atoms. The molecule has 9 atom stereocenters. The highest BCUT2D eigenvalue weighted by atomic mass is 16.3. The lowest BCUT2D eigenvalue weighted by Gasteiger charge is -2.69. The Labute approximate surface area is 258 Å². The third-order valence-corrected chi connectivity index (χ3v) is 13.8. The van der Waals surface area contributed by atoms with Crippen LogP contribution in [0.3, 0.4) is 0 Å². The molecule has 6 nitrogen and oxygen atoms in total. The highest BCUT2D eigenvalue weighted by molar-refractivity contribution is 5.76. The third kappa shape index (κ3) is 4.59. The van der Waals surface area contributed by atoms with E-state index in [-0.39, 0.29) is 39.4 Å². The molecule has 3 saturated carbocycles. The van der Waals surface area contributed by atoms with E-state index in [1.54, 1.807) is 0 Å². The predicted octanol–water partition coefficient (Wildman–Crippen LogP) is 6.75. The maximum atomic E-state index is 12.5. The molecule has 1 heterocycles. The van der Waals surface area contributed by atoms with Crippen LogP contribution in [0.15, 0.2) is 24.3 Å². The van der Waals surface area contributed by atoms with Gasteiger partial charge in [0.05, 0.1) is 34.1 Å². The van der Waals surface area contributed by atoms with Crippen LogP contribution in [-0.4, -0.2) is 44.3 Å². The van der Waals surface area contributed by atoms with Gasteiger partial charge in [0.15, 0.2) is 0 Å². The molecule has 1 aromatic carbocycles. The lowest BCUT2D eigenvalue weighted by atomic mass is 9.35. The van der Waals surface area contributed by atoms with Crippen LogP contribution in [0.5, 0.6) is 0 Å². The standard InChI is InChI=1S/C37H55N3O3/c1-8-9-20-38-30(42)16-19-37(7,43)23-14-17-36(6)31(23)27(41)21-29-34(4)22-26-32(40-25-13-11-10-12-24(25)39-26)33(2,3)28(34)15-18-35(29,36)5/h10-13,23,27-29,31,41,43H,8-9,14-22H2,1-7H3,(H,38,42)/t23-,27+,28-,29+,31-,34-,35+,36+,37-/m0/s1. The molecule has 0 unspecified atom stereocenters. The Hall–Kier alpha value is -2.05. The molecule has 0 bridgehead atoms. The number of hydrogen-bond donors (Lipinski definition) is 3. The topological polar surface area (TPSA) is 95.3 Å². The molecular weight excluding hydrogens is 534 g/mol. The molecule has 1 aromatic heterocycles. The van der Waals surface area contributed by atoms with Crippen molar-refractivity contribution in [3.63, 3.8) is 0 Å². The Balaban J connectivity index is 1.30. The summed E-state index contributed by atoms with van der Waals surface area (Å²) < 4.78 is 0. The van der Waals surface area contributed by atoms with E-state index in [1.165, 1.54) is 0 Å². The Morgan fingerprint density at radius 2 is 1.70 bits per heavy atom. The molecule has 0 radical (unpaired) electrons. The lowest BCUT2D eigenvalue weighted by Crippen LogP contribution is -2.66. The van der Waals surface area contributed by atoms with E-state index < -0.39 is 11.7 Å². The maximum Gasteiger partial charge on any atom is 0.220 e. The zero-order chi connectivity index (χ0) is 31.0. The molecule has 43 heavy (non-hydrogen) atoms. The average molecular weight is 590 g/mol. The van der Waals surface area contributed by atoms with Crippen molar-refractivity contribution in [1.82, 2.24) is 15.3 Å². The number of rotatable bonds is 7. The van der Waals surface area contributed by atoms with Crippen molar-refractivity contribution in [3.05, 3.63) is 35.7 Å². The number of aliphatic hydroxyl groups excluding tert-OH is 1. The number of nitrogens with zero attached hydrogens (tertiary/aromatic N) is 2. The van der Waals surface area contributed by atoms with Crippen molar-refractivity contribution in [1.29, 1.82) is 0 Å². The van der Waals surface area contributed by atoms with E-state index in [4.69, 9.17) is 9.97 Å². The van der Waals surface area contributed by atoms with Crippen molar-refractivity contribution in [3.8, 4) is 0 Å². The zero-order valence-corrected chi connectivity index (χ0v) is 27.7. The SMILES string of the molecule is CCCCNC(=O)CC[C@](C)(O)[C@H]1CC[C@]2(C)[C@@H]1[C@H](O)C[C@@H]1[C@@]3(C)Cc4nc5ccccc5nc4C(C)(C)[C@@H]3CC[C@]12C. The fraction of sp³-hybridized carbons (Fsp3) is 0.757. The van der Waals surface area contributed by atoms with Crippen molar-refractivity contribution < 1.29 is 15.0 Å². The van der Waals surface area contributed by atoms with Gasteiger partial charge in [-0.05, 0) is 110 Å². The zero-order valence-electron chi connectivity index (χ0n) is 27.7. The minimum Gasteiger partial charge on any atom is -0.393 e. The van der Waals surface area contributed by atoms with Gasteiger partial charge in [0, 0.05) is 18.4 Å². The number of amides is 1. The van der Waals surface area contributed by atoms with Gasteiger partial charge in [0.1, 0.15) is 0 Å². The number of benzene rings is 1. The Kier molecular flexibility index (Phi) is 7.56. The van der Waals surface area contributed by atoms with Crippen LogP contribution in [0.4, 0.5) is 0 Å². The molecule has 6 heteroatoms. The van der Waals surface area contributed by atoms with Gasteiger partial charge in [-0.2, -0.15) is 0 Å². The Bertz CT molecular complexity index is 1390. The van der Waals surface area contributed by atoms with Crippen LogP contribution in [0.25, 0.3) is 11.0 Å². The van der Waals surface area contributed by atoms with Gasteiger partial charge < -0.3 is 15.5 Å². The van der Waals surface area contributed by atoms with Crippen molar-refractivity contribution in [2.75, 3.05) is 6.54 Å². The lowest BCUT2D eigenvalue weighted by molar-refractivity contribution is -0.224. The second kappa shape index (κ2) is 10.5. The smallest absolute Gasteiger partial charge is 0.220 e. The normalized spacial score (nSPS) is 39.2. The van der Waals surface area contributed by atoms with Crippen molar-refractivity contribution >= 4 is 16.9 Å². The second-order valence-electron chi connectivity index (χ2n) is 16.4. The average Bonchev–Trinajstić information content (AvgIpc) is 3.33. The largest absolute Gasteiger partial charge is 0.393 e. The number of nitrogens with one attached hydrogen (secondary N) is 1. The molecular formula is C37H55N3O3. The molecule has 4 aliphatic rings. The van der Waals surface area contributed by atoms with E-state index in [0.29, 0.717) is 31.2 Å². The maximum absolute atomic E-state index is 12.5. The second-order valence-corrected chi connectivity index (χ2v) is 16.4. The van der Waals surface area contributed by atoms with Gasteiger partial charge >= 0.3 is 0 Å². The van der Waals surface area contributed by atoms with Crippen LogP contribution in [-0.2, 0) is 16.6 Å². The molecule has 3 N–H and O–H groups in total. The van der Waals surface area contributed by atoms with E-state index in [0.717, 1.165) is 73.8 Å². The summed E-state index contributed by atoms with van der Waals surface area (Å²) in [5.41, 5.74) is 3.10. The molecule has 6 rings (SSSR count). The molecule has 236 valence electrons. The minimum atomic E-state index is -0.988. The fourth-order valence-electron chi connectivity index (χ4n) is 11.5. The number of aliphatic hydroxyl groups is 2. The van der Waals surface area contributed by atoms with Gasteiger partial charge in [-0.3, -0.25) is 4.79 Å². The van der Waals surface area contributed by atoms with Crippen LogP contribution >= 0.6 is 0 Å². The van der Waals surface area contributed by atoms with Gasteiger partial charge in [-0.25, -0.2) is 9.97 Å².